The Morgan fingerprint density at radius 1 is 1.31 bits per heavy atom. The van der Waals surface area contributed by atoms with Crippen LogP contribution in [0.25, 0.3) is 11.5 Å². The monoisotopic (exact) mass is 215 g/mol. The lowest BCUT2D eigenvalue weighted by Gasteiger charge is -2.12. The van der Waals surface area contributed by atoms with Gasteiger partial charge >= 0.3 is 0 Å². The third-order valence-corrected chi connectivity index (χ3v) is 2.62. The number of nitrogens with zero attached hydrogens (tertiary/aromatic N) is 4. The minimum Gasteiger partial charge on any atom is -0.354 e. The second-order valence-corrected chi connectivity index (χ2v) is 3.93. The van der Waals surface area contributed by atoms with Gasteiger partial charge in [-0.05, 0) is 25.5 Å². The molecule has 16 heavy (non-hydrogen) atoms. The molecule has 3 rings (SSSR count). The van der Waals surface area contributed by atoms with Gasteiger partial charge < -0.3 is 5.32 Å². The predicted molar refractivity (Wildman–Crippen MR) is 61.1 cm³/mol. The zero-order valence-electron chi connectivity index (χ0n) is 9.14. The van der Waals surface area contributed by atoms with Crippen molar-refractivity contribution < 1.29 is 0 Å². The maximum atomic E-state index is 4.44. The highest BCUT2D eigenvalue weighted by Crippen LogP contribution is 2.18. The number of fused-ring (bicyclic) bond motifs is 1. The van der Waals surface area contributed by atoms with E-state index in [1.165, 1.54) is 0 Å². The van der Waals surface area contributed by atoms with E-state index in [2.05, 4.69) is 20.4 Å². The van der Waals surface area contributed by atoms with Crippen LogP contribution in [0.5, 0.6) is 0 Å². The van der Waals surface area contributed by atoms with Crippen molar-refractivity contribution in [3.8, 4) is 11.5 Å². The molecule has 1 N–H and O–H groups in total. The van der Waals surface area contributed by atoms with Crippen LogP contribution < -0.4 is 5.32 Å². The van der Waals surface area contributed by atoms with Crippen molar-refractivity contribution in [1.29, 1.82) is 0 Å². The van der Waals surface area contributed by atoms with Gasteiger partial charge in [0.2, 0.25) is 11.8 Å². The molecular weight excluding hydrogens is 202 g/mol. The van der Waals surface area contributed by atoms with Crippen molar-refractivity contribution in [3.05, 3.63) is 23.9 Å². The van der Waals surface area contributed by atoms with Crippen LogP contribution in [0.1, 0.15) is 12.1 Å². The molecule has 0 atom stereocenters. The minimum absolute atomic E-state index is 0.702. The quantitative estimate of drug-likeness (QED) is 0.782. The van der Waals surface area contributed by atoms with Crippen LogP contribution in [0.3, 0.4) is 0 Å². The summed E-state index contributed by atoms with van der Waals surface area (Å²) in [6, 6.07) is 5.89. The molecule has 3 heterocycles. The largest absolute Gasteiger partial charge is 0.354 e. The Kier molecular flexibility index (Phi) is 2.09. The van der Waals surface area contributed by atoms with Gasteiger partial charge in [-0.15, -0.1) is 5.10 Å². The SMILES string of the molecule is Cc1cccc(-c2nc3n(n2)CCCN3)n1. The molecule has 0 saturated heterocycles. The summed E-state index contributed by atoms with van der Waals surface area (Å²) >= 11 is 0. The number of rotatable bonds is 1. The van der Waals surface area contributed by atoms with Gasteiger partial charge in [0, 0.05) is 18.8 Å². The zero-order valence-corrected chi connectivity index (χ0v) is 9.14. The molecule has 2 aromatic heterocycles. The van der Waals surface area contributed by atoms with Crippen molar-refractivity contribution in [3.63, 3.8) is 0 Å². The summed E-state index contributed by atoms with van der Waals surface area (Å²) < 4.78 is 1.91. The summed E-state index contributed by atoms with van der Waals surface area (Å²) in [6.07, 6.45) is 1.09. The Bertz CT molecular complexity index is 493. The van der Waals surface area contributed by atoms with Crippen molar-refractivity contribution in [2.45, 2.75) is 19.9 Å². The number of aromatic nitrogens is 4. The number of anilines is 1. The highest BCUT2D eigenvalue weighted by Gasteiger charge is 2.14. The molecule has 82 valence electrons. The van der Waals surface area contributed by atoms with Crippen LogP contribution in [0.15, 0.2) is 18.2 Å². The molecule has 5 nitrogen and oxygen atoms in total. The van der Waals surface area contributed by atoms with Crippen molar-refractivity contribution >= 4 is 5.95 Å². The third kappa shape index (κ3) is 1.54. The van der Waals surface area contributed by atoms with Crippen molar-refractivity contribution in [1.82, 2.24) is 19.7 Å². The lowest BCUT2D eigenvalue weighted by atomic mass is 10.3. The van der Waals surface area contributed by atoms with Gasteiger partial charge in [0.1, 0.15) is 5.69 Å². The van der Waals surface area contributed by atoms with Gasteiger partial charge in [0.15, 0.2) is 0 Å². The average molecular weight is 215 g/mol. The Balaban J connectivity index is 2.03. The van der Waals surface area contributed by atoms with Gasteiger partial charge in [0.05, 0.1) is 0 Å². The maximum Gasteiger partial charge on any atom is 0.221 e. The molecule has 0 spiro atoms. The molecule has 0 aliphatic carbocycles. The lowest BCUT2D eigenvalue weighted by molar-refractivity contribution is 0.566. The topological polar surface area (TPSA) is 55.6 Å². The first-order valence-electron chi connectivity index (χ1n) is 5.46. The first-order valence-corrected chi connectivity index (χ1v) is 5.46. The molecule has 0 unspecified atom stereocenters. The molecule has 1 aliphatic rings. The fraction of sp³-hybridized carbons (Fsp3) is 0.364. The Labute approximate surface area is 93.5 Å². The van der Waals surface area contributed by atoms with Gasteiger partial charge in [-0.25, -0.2) is 9.67 Å². The van der Waals surface area contributed by atoms with Crippen LogP contribution in [-0.2, 0) is 6.54 Å². The molecule has 0 bridgehead atoms. The van der Waals surface area contributed by atoms with Crippen LogP contribution in [0.4, 0.5) is 5.95 Å². The van der Waals surface area contributed by atoms with Crippen LogP contribution in [-0.4, -0.2) is 26.3 Å². The standard InChI is InChI=1S/C11H13N5/c1-8-4-2-5-9(13-8)10-14-11-12-6-3-7-16(11)15-10/h2,4-5H,3,6-7H2,1H3,(H,12,14,15). The van der Waals surface area contributed by atoms with Gasteiger partial charge in [-0.1, -0.05) is 6.07 Å². The molecule has 5 heteroatoms. The van der Waals surface area contributed by atoms with Gasteiger partial charge in [-0.2, -0.15) is 4.98 Å². The lowest BCUT2D eigenvalue weighted by Crippen LogP contribution is -2.17. The normalized spacial score (nSPS) is 14.3. The van der Waals surface area contributed by atoms with Crippen LogP contribution in [0.2, 0.25) is 0 Å². The molecule has 0 amide bonds. The molecular formula is C11H13N5. The molecule has 1 aliphatic heterocycles. The maximum absolute atomic E-state index is 4.44. The first-order chi connectivity index (χ1) is 7.83. The minimum atomic E-state index is 0.702. The van der Waals surface area contributed by atoms with Crippen molar-refractivity contribution in [2.75, 3.05) is 11.9 Å². The molecule has 0 aromatic carbocycles. The van der Waals surface area contributed by atoms with E-state index in [1.807, 2.05) is 29.8 Å². The van der Waals surface area contributed by atoms with Crippen molar-refractivity contribution in [2.24, 2.45) is 0 Å². The average Bonchev–Trinajstić information content (AvgIpc) is 2.72. The van der Waals surface area contributed by atoms with E-state index in [0.29, 0.717) is 5.82 Å². The smallest absolute Gasteiger partial charge is 0.221 e. The third-order valence-electron chi connectivity index (χ3n) is 2.62. The van der Waals surface area contributed by atoms with Gasteiger partial charge in [0.25, 0.3) is 0 Å². The molecule has 0 fully saturated rings. The van der Waals surface area contributed by atoms with Gasteiger partial charge in [-0.3, -0.25) is 0 Å². The summed E-state index contributed by atoms with van der Waals surface area (Å²) in [5.41, 5.74) is 1.82. The highest BCUT2D eigenvalue weighted by molar-refractivity contribution is 5.51. The fourth-order valence-electron chi connectivity index (χ4n) is 1.83. The van der Waals surface area contributed by atoms with E-state index in [-0.39, 0.29) is 0 Å². The number of pyridine rings is 1. The van der Waals surface area contributed by atoms with E-state index < -0.39 is 0 Å². The van der Waals surface area contributed by atoms with E-state index in [4.69, 9.17) is 0 Å². The number of hydrogen-bond acceptors (Lipinski definition) is 4. The van der Waals surface area contributed by atoms with Crippen LogP contribution in [0, 0.1) is 6.92 Å². The molecule has 0 saturated carbocycles. The van der Waals surface area contributed by atoms with E-state index in [0.717, 1.165) is 36.8 Å². The summed E-state index contributed by atoms with van der Waals surface area (Å²) in [4.78, 5) is 8.86. The summed E-state index contributed by atoms with van der Waals surface area (Å²) in [6.45, 7) is 3.87. The molecule has 0 radical (unpaired) electrons. The fourth-order valence-corrected chi connectivity index (χ4v) is 1.83. The second-order valence-electron chi connectivity index (χ2n) is 3.93. The number of hydrogen-bond donors (Lipinski definition) is 1. The Hall–Kier alpha value is -1.91. The van der Waals surface area contributed by atoms with E-state index >= 15 is 0 Å². The second kappa shape index (κ2) is 3.59. The van der Waals surface area contributed by atoms with E-state index in [1.54, 1.807) is 0 Å². The summed E-state index contributed by atoms with van der Waals surface area (Å²) in [5, 5.41) is 7.67. The Morgan fingerprint density at radius 2 is 2.25 bits per heavy atom. The number of nitrogens with one attached hydrogen (secondary N) is 1. The van der Waals surface area contributed by atoms with Crippen LogP contribution >= 0.6 is 0 Å². The zero-order chi connectivity index (χ0) is 11.0. The highest BCUT2D eigenvalue weighted by atomic mass is 15.4. The first kappa shape index (κ1) is 9.33. The predicted octanol–water partition coefficient (Wildman–Crippen LogP) is 1.46. The Morgan fingerprint density at radius 3 is 3.06 bits per heavy atom. The molecule has 2 aromatic rings. The summed E-state index contributed by atoms with van der Waals surface area (Å²) in [7, 11) is 0. The van der Waals surface area contributed by atoms with E-state index in [9.17, 15) is 0 Å². The summed E-state index contributed by atoms with van der Waals surface area (Å²) in [5.74, 6) is 1.55. The number of aryl methyl sites for hydroxylation is 2.